The zero-order valence-corrected chi connectivity index (χ0v) is 17.2. The van der Waals surface area contributed by atoms with Gasteiger partial charge in [-0.25, -0.2) is 13.4 Å². The lowest BCUT2D eigenvalue weighted by molar-refractivity contribution is -0.116. The van der Waals surface area contributed by atoms with Gasteiger partial charge in [-0.15, -0.1) is 11.3 Å². The number of carbonyl (C=O) groups excluding carboxylic acids is 1. The minimum absolute atomic E-state index is 0.232. The van der Waals surface area contributed by atoms with Crippen LogP contribution in [0.1, 0.15) is 37.4 Å². The number of nitrogens with one attached hydrogen (secondary N) is 1. The van der Waals surface area contributed by atoms with Gasteiger partial charge >= 0.3 is 0 Å². The van der Waals surface area contributed by atoms with Gasteiger partial charge < -0.3 is 5.32 Å². The molecule has 0 unspecified atom stereocenters. The average molecular weight is 408 g/mol. The summed E-state index contributed by atoms with van der Waals surface area (Å²) in [6, 6.07) is 9.20. The molecule has 2 rings (SSSR count). The molecule has 1 heterocycles. The van der Waals surface area contributed by atoms with Crippen LogP contribution >= 0.6 is 11.3 Å². The number of nitrogens with zero attached hydrogens (tertiary/aromatic N) is 2. The first-order valence-corrected chi connectivity index (χ1v) is 11.2. The lowest BCUT2D eigenvalue weighted by Gasteiger charge is -2.19. The Hall–Kier alpha value is -2.03. The van der Waals surface area contributed by atoms with Crippen LogP contribution in [-0.2, 0) is 14.8 Å². The van der Waals surface area contributed by atoms with Gasteiger partial charge in [0, 0.05) is 17.3 Å². The van der Waals surface area contributed by atoms with Crippen LogP contribution < -0.4 is 5.32 Å². The van der Waals surface area contributed by atoms with Crippen molar-refractivity contribution in [1.82, 2.24) is 9.29 Å². The highest BCUT2D eigenvalue weighted by atomic mass is 32.2. The van der Waals surface area contributed by atoms with Gasteiger partial charge in [0.1, 0.15) is 0 Å². The SMILES string of the molecule is CCCCCN(CC(=O)Nc1nc(C)cs1)S(=O)(=O)C=Cc1ccccc1. The third kappa shape index (κ3) is 7.24. The number of hydrogen-bond acceptors (Lipinski definition) is 5. The van der Waals surface area contributed by atoms with E-state index in [0.717, 1.165) is 29.5 Å². The van der Waals surface area contributed by atoms with E-state index in [1.54, 1.807) is 6.08 Å². The van der Waals surface area contributed by atoms with Crippen LogP contribution in [0.15, 0.2) is 41.1 Å². The molecule has 0 saturated carbocycles. The van der Waals surface area contributed by atoms with Gasteiger partial charge in [0.05, 0.1) is 12.2 Å². The van der Waals surface area contributed by atoms with Crippen molar-refractivity contribution in [3.63, 3.8) is 0 Å². The first-order chi connectivity index (χ1) is 12.9. The van der Waals surface area contributed by atoms with Gasteiger partial charge in [-0.05, 0) is 25.0 Å². The Balaban J connectivity index is 2.09. The monoisotopic (exact) mass is 407 g/mol. The standard InChI is InChI=1S/C19H25N3O3S2/c1-3-4-8-12-22(14-18(23)21-19-20-16(2)15-26-19)27(24,25)13-11-17-9-6-5-7-10-17/h5-7,9-11,13,15H,3-4,8,12,14H2,1-2H3,(H,20,21,23). The highest BCUT2D eigenvalue weighted by Gasteiger charge is 2.22. The molecule has 1 aromatic heterocycles. The highest BCUT2D eigenvalue weighted by Crippen LogP contribution is 2.15. The molecule has 0 aliphatic carbocycles. The minimum Gasteiger partial charge on any atom is -0.301 e. The molecule has 0 atom stereocenters. The van der Waals surface area contributed by atoms with Gasteiger partial charge in [0.25, 0.3) is 0 Å². The molecule has 0 fully saturated rings. The van der Waals surface area contributed by atoms with Gasteiger partial charge in [-0.2, -0.15) is 4.31 Å². The van der Waals surface area contributed by atoms with Crippen LogP contribution in [0.4, 0.5) is 5.13 Å². The van der Waals surface area contributed by atoms with E-state index in [0.29, 0.717) is 18.1 Å². The number of carbonyl (C=O) groups is 1. The first kappa shape index (κ1) is 21.3. The van der Waals surface area contributed by atoms with Gasteiger partial charge in [0.2, 0.25) is 15.9 Å². The normalized spacial score (nSPS) is 12.0. The summed E-state index contributed by atoms with van der Waals surface area (Å²) in [7, 11) is -3.71. The largest absolute Gasteiger partial charge is 0.301 e. The summed E-state index contributed by atoms with van der Waals surface area (Å²) in [6.07, 6.45) is 4.13. The van der Waals surface area contributed by atoms with E-state index >= 15 is 0 Å². The van der Waals surface area contributed by atoms with E-state index in [1.807, 2.05) is 49.6 Å². The summed E-state index contributed by atoms with van der Waals surface area (Å²) in [4.78, 5) is 16.5. The smallest absolute Gasteiger partial charge is 0.241 e. The number of thiazole rings is 1. The second-order valence-corrected chi connectivity index (χ2v) is 8.82. The van der Waals surface area contributed by atoms with Crippen LogP contribution in [0.3, 0.4) is 0 Å². The Morgan fingerprint density at radius 1 is 1.26 bits per heavy atom. The number of hydrogen-bond donors (Lipinski definition) is 1. The van der Waals surface area contributed by atoms with Crippen LogP contribution in [0.5, 0.6) is 0 Å². The van der Waals surface area contributed by atoms with Crippen molar-refractivity contribution in [2.45, 2.75) is 33.1 Å². The zero-order chi connectivity index (χ0) is 19.7. The summed E-state index contributed by atoms with van der Waals surface area (Å²) in [5, 5.41) is 6.13. The predicted molar refractivity (Wildman–Crippen MR) is 111 cm³/mol. The second kappa shape index (κ2) is 10.3. The molecule has 0 bridgehead atoms. The Morgan fingerprint density at radius 2 is 2.00 bits per heavy atom. The number of amides is 1. The maximum Gasteiger partial charge on any atom is 0.241 e. The maximum atomic E-state index is 12.7. The Kier molecular flexibility index (Phi) is 8.15. The molecular formula is C19H25N3O3S2. The number of anilines is 1. The fourth-order valence-electron chi connectivity index (χ4n) is 2.38. The van der Waals surface area contributed by atoms with Gasteiger partial charge in [-0.1, -0.05) is 50.1 Å². The van der Waals surface area contributed by atoms with Crippen molar-refractivity contribution >= 4 is 38.5 Å². The fraction of sp³-hybridized carbons (Fsp3) is 0.368. The van der Waals surface area contributed by atoms with Crippen molar-refractivity contribution in [3.8, 4) is 0 Å². The van der Waals surface area contributed by atoms with Gasteiger partial charge in [-0.3, -0.25) is 4.79 Å². The molecule has 0 spiro atoms. The molecular weight excluding hydrogens is 382 g/mol. The lowest BCUT2D eigenvalue weighted by Crippen LogP contribution is -2.37. The summed E-state index contributed by atoms with van der Waals surface area (Å²) < 4.78 is 26.7. The average Bonchev–Trinajstić information content (AvgIpc) is 3.05. The van der Waals surface area contributed by atoms with E-state index in [2.05, 4.69) is 10.3 Å². The van der Waals surface area contributed by atoms with E-state index < -0.39 is 15.9 Å². The fourth-order valence-corrected chi connectivity index (χ4v) is 4.27. The molecule has 27 heavy (non-hydrogen) atoms. The summed E-state index contributed by atoms with van der Waals surface area (Å²) >= 11 is 1.32. The summed E-state index contributed by atoms with van der Waals surface area (Å²) in [6.45, 7) is 3.96. The van der Waals surface area contributed by atoms with E-state index in [9.17, 15) is 13.2 Å². The molecule has 6 nitrogen and oxygen atoms in total. The van der Waals surface area contributed by atoms with Crippen LogP contribution in [-0.4, -0.2) is 36.7 Å². The number of aromatic nitrogens is 1. The Morgan fingerprint density at radius 3 is 2.63 bits per heavy atom. The number of benzene rings is 1. The molecule has 0 aliphatic heterocycles. The summed E-state index contributed by atoms with van der Waals surface area (Å²) in [5.74, 6) is -0.391. The van der Waals surface area contributed by atoms with Crippen molar-refractivity contribution in [2.75, 3.05) is 18.4 Å². The maximum absolute atomic E-state index is 12.7. The van der Waals surface area contributed by atoms with Crippen molar-refractivity contribution in [3.05, 3.63) is 52.4 Å². The Bertz CT molecular complexity index is 861. The molecule has 1 N–H and O–H groups in total. The predicted octanol–water partition coefficient (Wildman–Crippen LogP) is 3.88. The van der Waals surface area contributed by atoms with Crippen molar-refractivity contribution in [2.24, 2.45) is 0 Å². The topological polar surface area (TPSA) is 79.4 Å². The number of sulfonamides is 1. The zero-order valence-electron chi connectivity index (χ0n) is 15.6. The molecule has 8 heteroatoms. The molecule has 146 valence electrons. The second-order valence-electron chi connectivity index (χ2n) is 6.14. The highest BCUT2D eigenvalue weighted by molar-refractivity contribution is 7.92. The minimum atomic E-state index is -3.71. The molecule has 0 saturated heterocycles. The molecule has 0 radical (unpaired) electrons. The number of unbranched alkanes of at least 4 members (excludes halogenated alkanes) is 2. The molecule has 0 aliphatic rings. The van der Waals surface area contributed by atoms with Crippen molar-refractivity contribution < 1.29 is 13.2 Å². The van der Waals surface area contributed by atoms with E-state index in [1.165, 1.54) is 15.6 Å². The number of aryl methyl sites for hydroxylation is 1. The quantitative estimate of drug-likeness (QED) is 0.606. The third-order valence-corrected chi connectivity index (χ3v) is 6.18. The van der Waals surface area contributed by atoms with E-state index in [-0.39, 0.29) is 6.54 Å². The molecule has 1 amide bonds. The molecule has 2 aromatic rings. The Labute approximate surface area is 165 Å². The lowest BCUT2D eigenvalue weighted by atomic mass is 10.2. The van der Waals surface area contributed by atoms with Crippen LogP contribution in [0.2, 0.25) is 0 Å². The van der Waals surface area contributed by atoms with Gasteiger partial charge in [0.15, 0.2) is 5.13 Å². The summed E-state index contributed by atoms with van der Waals surface area (Å²) in [5.41, 5.74) is 1.60. The van der Waals surface area contributed by atoms with Crippen molar-refractivity contribution in [1.29, 1.82) is 0 Å². The van der Waals surface area contributed by atoms with Crippen LogP contribution in [0.25, 0.3) is 6.08 Å². The number of rotatable bonds is 10. The van der Waals surface area contributed by atoms with E-state index in [4.69, 9.17) is 0 Å². The third-order valence-electron chi connectivity index (χ3n) is 3.79. The first-order valence-electron chi connectivity index (χ1n) is 8.86. The molecule has 1 aromatic carbocycles. The van der Waals surface area contributed by atoms with Crippen LogP contribution in [0, 0.1) is 6.92 Å².